The predicted octanol–water partition coefficient (Wildman–Crippen LogP) is 4.16. The third kappa shape index (κ3) is 4.70. The highest BCUT2D eigenvalue weighted by Crippen LogP contribution is 2.19. The van der Waals surface area contributed by atoms with Crippen LogP contribution in [0.25, 0.3) is 5.69 Å². The maximum absolute atomic E-state index is 5.71. The van der Waals surface area contributed by atoms with Gasteiger partial charge in [-0.15, -0.1) is 0 Å². The van der Waals surface area contributed by atoms with Crippen LogP contribution in [0.5, 0.6) is 5.75 Å². The lowest BCUT2D eigenvalue weighted by molar-refractivity contribution is 0.313. The summed E-state index contributed by atoms with van der Waals surface area (Å²) in [7, 11) is 0. The first-order valence-corrected chi connectivity index (χ1v) is 8.76. The molecule has 0 saturated heterocycles. The summed E-state index contributed by atoms with van der Waals surface area (Å²) in [5.74, 6) is 1.30. The molecule has 4 nitrogen and oxygen atoms in total. The maximum atomic E-state index is 5.71. The van der Waals surface area contributed by atoms with Gasteiger partial charge in [-0.3, -0.25) is 0 Å². The topological polar surface area (TPSA) is 39.1 Å². The average molecular weight is 335 g/mol. The molecule has 2 aromatic carbocycles. The van der Waals surface area contributed by atoms with Gasteiger partial charge in [0.05, 0.1) is 11.4 Å². The Hall–Kier alpha value is -2.59. The minimum absolute atomic E-state index is 0.391. The number of para-hydroxylation sites is 2. The molecular weight excluding hydrogens is 310 g/mol. The van der Waals surface area contributed by atoms with E-state index < -0.39 is 0 Å². The van der Waals surface area contributed by atoms with Gasteiger partial charge in [0, 0.05) is 24.8 Å². The Kier molecular flexibility index (Phi) is 5.86. The van der Waals surface area contributed by atoms with Crippen molar-refractivity contribution in [1.82, 2.24) is 15.1 Å². The Morgan fingerprint density at radius 1 is 1.00 bits per heavy atom. The van der Waals surface area contributed by atoms with Gasteiger partial charge in [0.1, 0.15) is 12.4 Å². The molecule has 25 heavy (non-hydrogen) atoms. The van der Waals surface area contributed by atoms with Crippen molar-refractivity contribution in [3.8, 4) is 11.4 Å². The van der Waals surface area contributed by atoms with Gasteiger partial charge in [-0.1, -0.05) is 50.2 Å². The van der Waals surface area contributed by atoms with Crippen LogP contribution in [0.3, 0.4) is 0 Å². The van der Waals surface area contributed by atoms with Crippen LogP contribution < -0.4 is 10.1 Å². The highest BCUT2D eigenvalue weighted by atomic mass is 16.5. The molecule has 0 saturated carbocycles. The molecule has 3 rings (SSSR count). The molecule has 130 valence electrons. The lowest BCUT2D eigenvalue weighted by Crippen LogP contribution is -2.21. The summed E-state index contributed by atoms with van der Waals surface area (Å²) in [4.78, 5) is 0. The molecule has 0 amide bonds. The number of ether oxygens (including phenoxy) is 1. The van der Waals surface area contributed by atoms with Gasteiger partial charge < -0.3 is 10.1 Å². The minimum Gasteiger partial charge on any atom is -0.492 e. The van der Waals surface area contributed by atoms with E-state index in [1.165, 1.54) is 5.56 Å². The summed E-state index contributed by atoms with van der Waals surface area (Å²) in [6.07, 6.45) is 2.12. The molecule has 1 N–H and O–H groups in total. The number of aromatic nitrogens is 2. The molecule has 0 unspecified atom stereocenters. The highest BCUT2D eigenvalue weighted by Gasteiger charge is 2.12. The molecule has 1 aromatic heterocycles. The molecule has 0 bridgehead atoms. The summed E-state index contributed by atoms with van der Waals surface area (Å²) in [6, 6.07) is 20.1. The SMILES string of the molecule is CC(C)c1nn(-c2ccccc2)cc1CNCCOc1ccccc1. The number of hydrogen-bond acceptors (Lipinski definition) is 3. The average Bonchev–Trinajstić information content (AvgIpc) is 3.08. The molecule has 3 aromatic rings. The second-order valence-electron chi connectivity index (χ2n) is 6.31. The Bertz CT molecular complexity index is 766. The zero-order valence-electron chi connectivity index (χ0n) is 14.9. The molecule has 0 radical (unpaired) electrons. The van der Waals surface area contributed by atoms with Gasteiger partial charge in [-0.05, 0) is 30.2 Å². The summed E-state index contributed by atoms with van der Waals surface area (Å²) >= 11 is 0. The predicted molar refractivity (Wildman–Crippen MR) is 101 cm³/mol. The number of benzene rings is 2. The molecular formula is C21H25N3O. The lowest BCUT2D eigenvalue weighted by atomic mass is 10.1. The molecule has 1 heterocycles. The van der Waals surface area contributed by atoms with Crippen LogP contribution in [0.2, 0.25) is 0 Å². The van der Waals surface area contributed by atoms with Crippen molar-refractivity contribution >= 4 is 0 Å². The molecule has 0 spiro atoms. The summed E-state index contributed by atoms with van der Waals surface area (Å²) < 4.78 is 7.68. The van der Waals surface area contributed by atoms with Crippen LogP contribution in [0.4, 0.5) is 0 Å². The summed E-state index contributed by atoms with van der Waals surface area (Å²) in [5.41, 5.74) is 3.46. The largest absolute Gasteiger partial charge is 0.492 e. The molecule has 0 atom stereocenters. The van der Waals surface area contributed by atoms with Crippen LogP contribution in [0, 0.1) is 0 Å². The normalized spacial score (nSPS) is 11.0. The third-order valence-electron chi connectivity index (χ3n) is 4.00. The van der Waals surface area contributed by atoms with E-state index in [0.717, 1.165) is 30.2 Å². The first kappa shape index (κ1) is 17.2. The van der Waals surface area contributed by atoms with Crippen molar-refractivity contribution in [2.45, 2.75) is 26.3 Å². The van der Waals surface area contributed by atoms with Crippen LogP contribution in [-0.4, -0.2) is 22.9 Å². The zero-order valence-corrected chi connectivity index (χ0v) is 14.9. The van der Waals surface area contributed by atoms with Crippen molar-refractivity contribution in [3.05, 3.63) is 78.1 Å². The smallest absolute Gasteiger partial charge is 0.119 e. The summed E-state index contributed by atoms with van der Waals surface area (Å²) in [6.45, 7) is 6.59. The van der Waals surface area contributed by atoms with E-state index in [1.54, 1.807) is 0 Å². The van der Waals surface area contributed by atoms with E-state index in [2.05, 4.69) is 37.5 Å². The Morgan fingerprint density at radius 3 is 2.36 bits per heavy atom. The standard InChI is InChI=1S/C21H25N3O/c1-17(2)21-18(16-24(23-21)19-9-5-3-6-10-19)15-22-13-14-25-20-11-7-4-8-12-20/h3-12,16-17,22H,13-15H2,1-2H3. The van der Waals surface area contributed by atoms with E-state index >= 15 is 0 Å². The molecule has 4 heteroatoms. The van der Waals surface area contributed by atoms with E-state index in [4.69, 9.17) is 9.84 Å². The molecule has 0 aliphatic heterocycles. The quantitative estimate of drug-likeness (QED) is 0.628. The Balaban J connectivity index is 1.57. The van der Waals surface area contributed by atoms with Crippen molar-refractivity contribution in [3.63, 3.8) is 0 Å². The van der Waals surface area contributed by atoms with Crippen molar-refractivity contribution in [2.75, 3.05) is 13.2 Å². The van der Waals surface area contributed by atoms with Gasteiger partial charge in [-0.25, -0.2) is 4.68 Å². The molecule has 0 aliphatic carbocycles. The number of rotatable bonds is 8. The van der Waals surface area contributed by atoms with Crippen molar-refractivity contribution < 1.29 is 4.74 Å². The van der Waals surface area contributed by atoms with E-state index in [1.807, 2.05) is 53.2 Å². The monoisotopic (exact) mass is 335 g/mol. The first-order valence-electron chi connectivity index (χ1n) is 8.76. The number of nitrogens with one attached hydrogen (secondary N) is 1. The molecule has 0 aliphatic rings. The molecule has 0 fully saturated rings. The van der Waals surface area contributed by atoms with E-state index in [-0.39, 0.29) is 0 Å². The van der Waals surface area contributed by atoms with E-state index in [0.29, 0.717) is 12.5 Å². The lowest BCUT2D eigenvalue weighted by Gasteiger charge is -2.08. The fourth-order valence-corrected chi connectivity index (χ4v) is 2.74. The highest BCUT2D eigenvalue weighted by molar-refractivity contribution is 5.33. The van der Waals surface area contributed by atoms with Gasteiger partial charge in [-0.2, -0.15) is 5.10 Å². The second-order valence-corrected chi connectivity index (χ2v) is 6.31. The fraction of sp³-hybridized carbons (Fsp3) is 0.286. The fourth-order valence-electron chi connectivity index (χ4n) is 2.74. The van der Waals surface area contributed by atoms with Crippen LogP contribution in [-0.2, 0) is 6.54 Å². The maximum Gasteiger partial charge on any atom is 0.119 e. The Labute approximate surface area is 149 Å². The van der Waals surface area contributed by atoms with Crippen molar-refractivity contribution in [2.24, 2.45) is 0 Å². The first-order chi connectivity index (χ1) is 12.2. The van der Waals surface area contributed by atoms with Gasteiger partial charge >= 0.3 is 0 Å². The number of hydrogen-bond donors (Lipinski definition) is 1. The zero-order chi connectivity index (χ0) is 17.5. The van der Waals surface area contributed by atoms with Gasteiger partial charge in [0.25, 0.3) is 0 Å². The Morgan fingerprint density at radius 2 is 1.68 bits per heavy atom. The summed E-state index contributed by atoms with van der Waals surface area (Å²) in [5, 5.41) is 8.23. The van der Waals surface area contributed by atoms with Crippen LogP contribution in [0.15, 0.2) is 66.9 Å². The minimum atomic E-state index is 0.391. The third-order valence-corrected chi connectivity index (χ3v) is 4.00. The van der Waals surface area contributed by atoms with E-state index in [9.17, 15) is 0 Å². The van der Waals surface area contributed by atoms with Gasteiger partial charge in [0.15, 0.2) is 0 Å². The second kappa shape index (κ2) is 8.49. The van der Waals surface area contributed by atoms with Crippen molar-refractivity contribution in [1.29, 1.82) is 0 Å². The van der Waals surface area contributed by atoms with Crippen LogP contribution >= 0.6 is 0 Å². The van der Waals surface area contributed by atoms with Gasteiger partial charge in [0.2, 0.25) is 0 Å². The number of nitrogens with zero attached hydrogens (tertiary/aromatic N) is 2. The van der Waals surface area contributed by atoms with Crippen LogP contribution in [0.1, 0.15) is 31.0 Å².